The van der Waals surface area contributed by atoms with Gasteiger partial charge in [-0.2, -0.15) is 13.2 Å². The molecule has 2 N–H and O–H groups in total. The van der Waals surface area contributed by atoms with Crippen LogP contribution in [0.5, 0.6) is 0 Å². The van der Waals surface area contributed by atoms with Crippen molar-refractivity contribution in [3.8, 4) is 0 Å². The summed E-state index contributed by atoms with van der Waals surface area (Å²) in [6.07, 6.45) is -0.487. The number of rotatable bonds is 11. The minimum atomic E-state index is -4.50. The quantitative estimate of drug-likeness (QED) is 0.324. The zero-order valence-corrected chi connectivity index (χ0v) is 19.8. The SMILES string of the molecule is CCN(Cc1cc(C(F)(F)F)ccc1CC=CCC(CC(=O)O)=NC)C(=O)NCc1ccccc1. The summed E-state index contributed by atoms with van der Waals surface area (Å²) in [5, 5.41) is 11.7. The van der Waals surface area contributed by atoms with Crippen molar-refractivity contribution in [3.05, 3.63) is 82.9 Å². The lowest BCUT2D eigenvalue weighted by atomic mass is 10.00. The predicted molar refractivity (Wildman–Crippen MR) is 129 cm³/mol. The molecular formula is C26H30F3N3O3. The molecule has 2 amide bonds. The third kappa shape index (κ3) is 9.27. The number of aliphatic imine (C=N–C) groups is 1. The molecule has 0 heterocycles. The Morgan fingerprint density at radius 3 is 2.40 bits per heavy atom. The smallest absolute Gasteiger partial charge is 0.416 e. The van der Waals surface area contributed by atoms with Gasteiger partial charge in [0.1, 0.15) is 0 Å². The molecule has 0 saturated heterocycles. The summed E-state index contributed by atoms with van der Waals surface area (Å²) in [5.74, 6) is -0.978. The first-order valence-corrected chi connectivity index (χ1v) is 11.2. The number of amides is 2. The summed E-state index contributed by atoms with van der Waals surface area (Å²) < 4.78 is 40.1. The summed E-state index contributed by atoms with van der Waals surface area (Å²) in [4.78, 5) is 29.0. The first-order chi connectivity index (χ1) is 16.6. The number of halogens is 3. The second kappa shape index (κ2) is 13.3. The standard InChI is InChI=1S/C26H30F3N3O3/c1-3-32(25(35)31-17-19-9-5-4-6-10-19)18-21-15-22(26(27,28)29)14-13-20(21)11-7-8-12-23(30-2)16-24(33)34/h4-10,13-15H,3,11-12,16-18H2,1-2H3,(H,31,35)(H,33,34). The molecule has 0 aliphatic carbocycles. The summed E-state index contributed by atoms with van der Waals surface area (Å²) in [6.45, 7) is 2.41. The van der Waals surface area contributed by atoms with Crippen molar-refractivity contribution in [2.75, 3.05) is 13.6 Å². The van der Waals surface area contributed by atoms with Gasteiger partial charge < -0.3 is 15.3 Å². The molecule has 6 nitrogen and oxygen atoms in total. The van der Waals surface area contributed by atoms with Crippen molar-refractivity contribution in [2.24, 2.45) is 4.99 Å². The second-order valence-corrected chi connectivity index (χ2v) is 7.88. The normalized spacial score (nSPS) is 12.1. The molecule has 0 aromatic heterocycles. The van der Waals surface area contributed by atoms with Crippen LogP contribution in [0.3, 0.4) is 0 Å². The van der Waals surface area contributed by atoms with Crippen molar-refractivity contribution in [1.29, 1.82) is 0 Å². The highest BCUT2D eigenvalue weighted by atomic mass is 19.4. The number of hydrogen-bond donors (Lipinski definition) is 2. The van der Waals surface area contributed by atoms with Gasteiger partial charge in [-0.1, -0.05) is 48.6 Å². The molecule has 188 valence electrons. The first-order valence-electron chi connectivity index (χ1n) is 11.2. The fourth-order valence-electron chi connectivity index (χ4n) is 3.41. The molecule has 0 bridgehead atoms. The number of nitrogens with zero attached hydrogens (tertiary/aromatic N) is 2. The molecule has 0 unspecified atom stereocenters. The number of aliphatic carboxylic acids is 1. The van der Waals surface area contributed by atoms with E-state index in [0.29, 0.717) is 42.8 Å². The van der Waals surface area contributed by atoms with Crippen LogP contribution in [-0.4, -0.2) is 41.3 Å². The van der Waals surface area contributed by atoms with Crippen LogP contribution in [0.25, 0.3) is 0 Å². The Morgan fingerprint density at radius 1 is 1.09 bits per heavy atom. The van der Waals surface area contributed by atoms with Crippen LogP contribution in [-0.2, 0) is 30.5 Å². The molecule has 2 rings (SSSR count). The number of carbonyl (C=O) groups is 2. The average molecular weight is 490 g/mol. The Hall–Kier alpha value is -3.62. The van der Waals surface area contributed by atoms with E-state index in [4.69, 9.17) is 5.11 Å². The van der Waals surface area contributed by atoms with E-state index in [1.165, 1.54) is 18.0 Å². The van der Waals surface area contributed by atoms with Gasteiger partial charge in [-0.25, -0.2) is 4.79 Å². The predicted octanol–water partition coefficient (Wildman–Crippen LogP) is 5.47. The lowest BCUT2D eigenvalue weighted by Crippen LogP contribution is -2.39. The Bertz CT molecular complexity index is 1050. The zero-order chi connectivity index (χ0) is 25.8. The molecule has 0 fully saturated rings. The van der Waals surface area contributed by atoms with Gasteiger partial charge in [-0.3, -0.25) is 9.79 Å². The number of benzene rings is 2. The molecule has 0 aliphatic rings. The van der Waals surface area contributed by atoms with Crippen molar-refractivity contribution in [1.82, 2.24) is 10.2 Å². The molecule has 35 heavy (non-hydrogen) atoms. The zero-order valence-electron chi connectivity index (χ0n) is 19.8. The Balaban J connectivity index is 2.16. The van der Waals surface area contributed by atoms with Crippen molar-refractivity contribution < 1.29 is 27.9 Å². The molecular weight excluding hydrogens is 459 g/mol. The Labute approximate surface area is 203 Å². The highest BCUT2D eigenvalue weighted by molar-refractivity contribution is 5.98. The molecule has 2 aromatic rings. The molecule has 0 atom stereocenters. The number of carbonyl (C=O) groups excluding carboxylic acids is 1. The number of nitrogens with one attached hydrogen (secondary N) is 1. The van der Waals surface area contributed by atoms with Crippen LogP contribution in [0.2, 0.25) is 0 Å². The second-order valence-electron chi connectivity index (χ2n) is 7.88. The Morgan fingerprint density at radius 2 is 1.80 bits per heavy atom. The number of hydrogen-bond acceptors (Lipinski definition) is 3. The number of carboxylic acid groups (broad SMARTS) is 1. The van der Waals surface area contributed by atoms with Gasteiger partial charge in [-0.05, 0) is 42.2 Å². The van der Waals surface area contributed by atoms with Gasteiger partial charge >= 0.3 is 18.2 Å². The third-order valence-corrected chi connectivity index (χ3v) is 5.38. The fraction of sp³-hybridized carbons (Fsp3) is 0.346. The molecule has 0 aliphatic heterocycles. The first kappa shape index (κ1) is 27.6. The maximum absolute atomic E-state index is 13.4. The number of alkyl halides is 3. The summed E-state index contributed by atoms with van der Waals surface area (Å²) in [5.41, 5.74) is 1.68. The molecule has 2 aromatic carbocycles. The van der Waals surface area contributed by atoms with Crippen LogP contribution in [0.1, 0.15) is 42.0 Å². The van der Waals surface area contributed by atoms with E-state index in [1.54, 1.807) is 19.1 Å². The highest BCUT2D eigenvalue weighted by Crippen LogP contribution is 2.31. The van der Waals surface area contributed by atoms with Gasteiger partial charge in [0, 0.05) is 38.8 Å². The van der Waals surface area contributed by atoms with Gasteiger partial charge in [0.25, 0.3) is 0 Å². The van der Waals surface area contributed by atoms with Gasteiger partial charge in [0.2, 0.25) is 0 Å². The molecule has 0 saturated carbocycles. The third-order valence-electron chi connectivity index (χ3n) is 5.38. The van der Waals surface area contributed by atoms with Crippen LogP contribution < -0.4 is 5.32 Å². The average Bonchev–Trinajstić information content (AvgIpc) is 2.83. The van der Waals surface area contributed by atoms with Crippen LogP contribution in [0.4, 0.5) is 18.0 Å². The van der Waals surface area contributed by atoms with Crippen molar-refractivity contribution in [2.45, 2.75) is 45.5 Å². The summed E-state index contributed by atoms with van der Waals surface area (Å²) in [6, 6.07) is 12.5. The van der Waals surface area contributed by atoms with Crippen LogP contribution in [0, 0.1) is 0 Å². The highest BCUT2D eigenvalue weighted by Gasteiger charge is 2.31. The Kier molecular flexibility index (Phi) is 10.5. The maximum atomic E-state index is 13.4. The molecule has 9 heteroatoms. The van der Waals surface area contributed by atoms with E-state index in [0.717, 1.165) is 17.7 Å². The van der Waals surface area contributed by atoms with E-state index < -0.39 is 17.7 Å². The number of allylic oxidation sites excluding steroid dienone is 2. The van der Waals surface area contributed by atoms with Gasteiger partial charge in [-0.15, -0.1) is 0 Å². The van der Waals surface area contributed by atoms with Gasteiger partial charge in [0.15, 0.2) is 0 Å². The van der Waals surface area contributed by atoms with Crippen molar-refractivity contribution >= 4 is 17.7 Å². The number of carboxylic acids is 1. The maximum Gasteiger partial charge on any atom is 0.416 e. The molecule has 0 radical (unpaired) electrons. The number of urea groups is 1. The van der Waals surface area contributed by atoms with Crippen LogP contribution in [0.15, 0.2) is 65.7 Å². The topological polar surface area (TPSA) is 82.0 Å². The lowest BCUT2D eigenvalue weighted by Gasteiger charge is -2.23. The minimum Gasteiger partial charge on any atom is -0.481 e. The lowest BCUT2D eigenvalue weighted by molar-refractivity contribution is -0.138. The van der Waals surface area contributed by atoms with Crippen LogP contribution >= 0.6 is 0 Å². The van der Waals surface area contributed by atoms with Gasteiger partial charge in [0.05, 0.1) is 12.0 Å². The summed E-state index contributed by atoms with van der Waals surface area (Å²) in [7, 11) is 1.52. The fourth-order valence-corrected chi connectivity index (χ4v) is 3.41. The monoisotopic (exact) mass is 489 g/mol. The van der Waals surface area contributed by atoms with E-state index in [9.17, 15) is 22.8 Å². The van der Waals surface area contributed by atoms with Crippen molar-refractivity contribution in [3.63, 3.8) is 0 Å². The summed E-state index contributed by atoms with van der Waals surface area (Å²) >= 11 is 0. The van der Waals surface area contributed by atoms with E-state index >= 15 is 0 Å². The minimum absolute atomic E-state index is 0.0187. The van der Waals surface area contributed by atoms with E-state index in [1.807, 2.05) is 30.3 Å². The van der Waals surface area contributed by atoms with E-state index in [2.05, 4.69) is 10.3 Å². The largest absolute Gasteiger partial charge is 0.481 e. The molecule has 0 spiro atoms. The van der Waals surface area contributed by atoms with E-state index in [-0.39, 0.29) is 19.0 Å².